The number of hydrogen-bond acceptors (Lipinski definition) is 5. The molecule has 1 unspecified atom stereocenters. The second kappa shape index (κ2) is 6.65. The fourth-order valence-corrected chi connectivity index (χ4v) is 3.10. The smallest absolute Gasteiger partial charge is 0.206 e. The van der Waals surface area contributed by atoms with E-state index in [1.54, 1.807) is 12.3 Å². The molecule has 2 aromatic heterocycles. The second-order valence-electron chi connectivity index (χ2n) is 6.55. The number of rotatable bonds is 4. The fourth-order valence-electron chi connectivity index (χ4n) is 2.27. The molecule has 0 aliphatic rings. The molecule has 0 bridgehead atoms. The van der Waals surface area contributed by atoms with E-state index >= 15 is 0 Å². The molecule has 4 nitrogen and oxygen atoms in total. The lowest BCUT2D eigenvalue weighted by Gasteiger charge is -2.18. The summed E-state index contributed by atoms with van der Waals surface area (Å²) in [4.78, 5) is 4.41. The van der Waals surface area contributed by atoms with E-state index in [1.807, 2.05) is 24.3 Å². The Labute approximate surface area is 144 Å². The van der Waals surface area contributed by atoms with E-state index < -0.39 is 0 Å². The highest BCUT2D eigenvalue weighted by Crippen LogP contribution is 2.31. The van der Waals surface area contributed by atoms with Crippen LogP contribution in [-0.4, -0.2) is 15.2 Å². The minimum absolute atomic E-state index is 0.0586. The molecule has 0 fully saturated rings. The summed E-state index contributed by atoms with van der Waals surface area (Å²) in [6, 6.07) is 11.9. The van der Waals surface area contributed by atoms with Crippen LogP contribution < -0.4 is 5.32 Å². The van der Waals surface area contributed by atoms with Gasteiger partial charge in [-0.2, -0.15) is 0 Å². The van der Waals surface area contributed by atoms with Crippen molar-refractivity contribution < 1.29 is 4.39 Å². The molecule has 6 heteroatoms. The lowest BCUT2D eigenvalue weighted by atomic mass is 9.98. The van der Waals surface area contributed by atoms with Gasteiger partial charge in [-0.05, 0) is 29.8 Å². The van der Waals surface area contributed by atoms with Crippen molar-refractivity contribution in [2.75, 3.05) is 5.32 Å². The Bertz CT molecular complexity index is 811. The zero-order valence-corrected chi connectivity index (χ0v) is 14.6. The molecule has 1 aromatic carbocycles. The molecule has 0 spiro atoms. The lowest BCUT2D eigenvalue weighted by molar-refractivity contribution is 0.578. The van der Waals surface area contributed by atoms with Crippen LogP contribution in [0.2, 0.25) is 0 Å². The van der Waals surface area contributed by atoms with Crippen LogP contribution in [0.15, 0.2) is 48.7 Å². The van der Waals surface area contributed by atoms with Crippen molar-refractivity contribution in [3.63, 3.8) is 0 Å². The van der Waals surface area contributed by atoms with Crippen molar-refractivity contribution in [2.45, 2.75) is 32.2 Å². The monoisotopic (exact) mass is 342 g/mol. The SMILES string of the molecule is CC(C)(C)c1nnc(NC(c2cccc(F)c2)c2ccccn2)s1. The molecule has 124 valence electrons. The van der Waals surface area contributed by atoms with Crippen molar-refractivity contribution >= 4 is 16.5 Å². The number of halogens is 1. The average molecular weight is 342 g/mol. The fraction of sp³-hybridized carbons (Fsp3) is 0.278. The zero-order valence-electron chi connectivity index (χ0n) is 13.8. The first-order chi connectivity index (χ1) is 11.4. The van der Waals surface area contributed by atoms with Gasteiger partial charge in [-0.3, -0.25) is 4.98 Å². The third kappa shape index (κ3) is 3.76. The molecule has 0 amide bonds. The molecular formula is C18H19FN4S. The van der Waals surface area contributed by atoms with Gasteiger partial charge in [0.25, 0.3) is 0 Å². The van der Waals surface area contributed by atoms with Crippen LogP contribution in [0.4, 0.5) is 9.52 Å². The van der Waals surface area contributed by atoms with Gasteiger partial charge in [0.1, 0.15) is 10.8 Å². The predicted octanol–water partition coefficient (Wildman–Crippen LogP) is 4.57. The van der Waals surface area contributed by atoms with Gasteiger partial charge in [0, 0.05) is 11.6 Å². The summed E-state index contributed by atoms with van der Waals surface area (Å²) in [5.74, 6) is -0.275. The van der Waals surface area contributed by atoms with Crippen LogP contribution in [0, 0.1) is 5.82 Å². The Morgan fingerprint density at radius 2 is 1.92 bits per heavy atom. The van der Waals surface area contributed by atoms with Crippen LogP contribution in [-0.2, 0) is 5.41 Å². The summed E-state index contributed by atoms with van der Waals surface area (Å²) < 4.78 is 13.7. The summed E-state index contributed by atoms with van der Waals surface area (Å²) in [5, 5.41) is 13.5. The number of anilines is 1. The minimum Gasteiger partial charge on any atom is -0.348 e. The van der Waals surface area contributed by atoms with E-state index in [-0.39, 0.29) is 17.3 Å². The molecule has 0 aliphatic carbocycles. The molecular weight excluding hydrogens is 323 g/mol. The Hall–Kier alpha value is -2.34. The minimum atomic E-state index is -0.289. The first kappa shape index (κ1) is 16.5. The maximum absolute atomic E-state index is 13.7. The number of hydrogen-bond donors (Lipinski definition) is 1. The van der Waals surface area contributed by atoms with E-state index in [2.05, 4.69) is 41.3 Å². The van der Waals surface area contributed by atoms with Crippen molar-refractivity contribution in [2.24, 2.45) is 0 Å². The van der Waals surface area contributed by atoms with Gasteiger partial charge in [0.15, 0.2) is 0 Å². The molecule has 0 aliphatic heterocycles. The number of pyridine rings is 1. The topological polar surface area (TPSA) is 50.7 Å². The third-order valence-corrected chi connectivity index (χ3v) is 4.78. The largest absolute Gasteiger partial charge is 0.348 e. The zero-order chi connectivity index (χ0) is 17.2. The van der Waals surface area contributed by atoms with Gasteiger partial charge < -0.3 is 5.32 Å². The average Bonchev–Trinajstić information content (AvgIpc) is 3.02. The Morgan fingerprint density at radius 3 is 2.54 bits per heavy atom. The van der Waals surface area contributed by atoms with Gasteiger partial charge in [-0.15, -0.1) is 10.2 Å². The Kier molecular flexibility index (Phi) is 4.57. The van der Waals surface area contributed by atoms with Crippen molar-refractivity contribution in [3.05, 3.63) is 70.7 Å². The highest BCUT2D eigenvalue weighted by Gasteiger charge is 2.22. The molecule has 0 radical (unpaired) electrons. The van der Waals surface area contributed by atoms with Gasteiger partial charge >= 0.3 is 0 Å². The number of nitrogens with zero attached hydrogens (tertiary/aromatic N) is 3. The summed E-state index contributed by atoms with van der Waals surface area (Å²) >= 11 is 1.51. The maximum Gasteiger partial charge on any atom is 0.206 e. The van der Waals surface area contributed by atoms with Gasteiger partial charge in [-0.1, -0.05) is 50.3 Å². The molecule has 2 heterocycles. The Balaban J connectivity index is 1.95. The Morgan fingerprint density at radius 1 is 1.08 bits per heavy atom. The molecule has 0 saturated carbocycles. The van der Waals surface area contributed by atoms with Gasteiger partial charge in [0.2, 0.25) is 5.13 Å². The molecule has 0 saturated heterocycles. The van der Waals surface area contributed by atoms with Crippen molar-refractivity contribution in [1.29, 1.82) is 0 Å². The number of aromatic nitrogens is 3. The van der Waals surface area contributed by atoms with Crippen LogP contribution in [0.25, 0.3) is 0 Å². The van der Waals surface area contributed by atoms with E-state index in [0.29, 0.717) is 5.13 Å². The first-order valence-electron chi connectivity index (χ1n) is 7.70. The van der Waals surface area contributed by atoms with Crippen LogP contribution >= 0.6 is 11.3 Å². The highest BCUT2D eigenvalue weighted by molar-refractivity contribution is 7.15. The first-order valence-corrected chi connectivity index (χ1v) is 8.52. The summed E-state index contributed by atoms with van der Waals surface area (Å²) in [5.41, 5.74) is 1.54. The predicted molar refractivity (Wildman–Crippen MR) is 94.7 cm³/mol. The second-order valence-corrected chi connectivity index (χ2v) is 7.53. The van der Waals surface area contributed by atoms with Crippen LogP contribution in [0.5, 0.6) is 0 Å². The van der Waals surface area contributed by atoms with Gasteiger partial charge in [0.05, 0.1) is 11.7 Å². The molecule has 1 N–H and O–H groups in total. The van der Waals surface area contributed by atoms with Crippen LogP contribution in [0.1, 0.15) is 43.1 Å². The van der Waals surface area contributed by atoms with E-state index in [1.165, 1.54) is 23.5 Å². The summed E-state index contributed by atoms with van der Waals surface area (Å²) in [6.07, 6.45) is 1.73. The quantitative estimate of drug-likeness (QED) is 0.754. The molecule has 24 heavy (non-hydrogen) atoms. The highest BCUT2D eigenvalue weighted by atomic mass is 32.1. The molecule has 3 rings (SSSR count). The number of nitrogens with one attached hydrogen (secondary N) is 1. The standard InChI is InChI=1S/C18H19FN4S/c1-18(2,3)16-22-23-17(24-16)21-15(14-9-4-5-10-20-14)12-7-6-8-13(19)11-12/h4-11,15H,1-3H3,(H,21,23). The maximum atomic E-state index is 13.7. The molecule has 3 aromatic rings. The van der Waals surface area contributed by atoms with E-state index in [4.69, 9.17) is 0 Å². The lowest BCUT2D eigenvalue weighted by Crippen LogP contribution is -2.14. The van der Waals surface area contributed by atoms with Crippen molar-refractivity contribution in [1.82, 2.24) is 15.2 Å². The van der Waals surface area contributed by atoms with E-state index in [9.17, 15) is 4.39 Å². The van der Waals surface area contributed by atoms with Crippen molar-refractivity contribution in [3.8, 4) is 0 Å². The van der Waals surface area contributed by atoms with E-state index in [0.717, 1.165) is 16.3 Å². The normalized spacial score (nSPS) is 12.8. The van der Waals surface area contributed by atoms with Gasteiger partial charge in [-0.25, -0.2) is 4.39 Å². The third-order valence-electron chi connectivity index (χ3n) is 3.50. The summed E-state index contributed by atoms with van der Waals surface area (Å²) in [7, 11) is 0. The molecule has 1 atom stereocenters. The summed E-state index contributed by atoms with van der Waals surface area (Å²) in [6.45, 7) is 6.29. The van der Waals surface area contributed by atoms with Crippen LogP contribution in [0.3, 0.4) is 0 Å². The number of benzene rings is 1.